The lowest BCUT2D eigenvalue weighted by atomic mass is 9.71. The van der Waals surface area contributed by atoms with Gasteiger partial charge in [0.05, 0.1) is 17.0 Å². The van der Waals surface area contributed by atoms with Crippen molar-refractivity contribution in [2.24, 2.45) is 23.2 Å². The molecule has 4 rings (SSSR count). The molecule has 2 fully saturated rings. The first-order chi connectivity index (χ1) is 9.53. The minimum absolute atomic E-state index is 0.0156. The lowest BCUT2D eigenvalue weighted by Gasteiger charge is -2.28. The Kier molecular flexibility index (Phi) is 2.14. The van der Waals surface area contributed by atoms with E-state index >= 15 is 0 Å². The van der Waals surface area contributed by atoms with Crippen LogP contribution in [-0.4, -0.2) is 11.8 Å². The molecule has 1 saturated carbocycles. The molecule has 0 spiro atoms. The van der Waals surface area contributed by atoms with E-state index in [0.29, 0.717) is 5.69 Å². The van der Waals surface area contributed by atoms with Gasteiger partial charge in [-0.2, -0.15) is 0 Å². The minimum Gasteiger partial charge on any atom is -0.274 e. The number of benzene rings is 1. The van der Waals surface area contributed by atoms with Crippen LogP contribution in [-0.2, 0) is 9.59 Å². The SMILES string of the molecule is Cc1ccc(N2C(=O)[C@H]3[C@H]4C=C[C@@H](C4)[C@@]3(C)C2=O)cc1. The molecule has 3 heteroatoms. The van der Waals surface area contributed by atoms with E-state index < -0.39 is 5.41 Å². The second kappa shape index (κ2) is 3.60. The maximum Gasteiger partial charge on any atom is 0.241 e. The van der Waals surface area contributed by atoms with Crippen molar-refractivity contribution in [1.82, 2.24) is 0 Å². The van der Waals surface area contributed by atoms with E-state index in [2.05, 4.69) is 12.2 Å². The number of hydrogen-bond acceptors (Lipinski definition) is 2. The van der Waals surface area contributed by atoms with Gasteiger partial charge >= 0.3 is 0 Å². The number of anilines is 1. The largest absolute Gasteiger partial charge is 0.274 e. The summed E-state index contributed by atoms with van der Waals surface area (Å²) in [5, 5.41) is 0. The van der Waals surface area contributed by atoms with Crippen LogP contribution in [0.15, 0.2) is 36.4 Å². The van der Waals surface area contributed by atoms with Gasteiger partial charge in [0.25, 0.3) is 0 Å². The summed E-state index contributed by atoms with van der Waals surface area (Å²) in [5.41, 5.74) is 1.31. The molecule has 2 aliphatic carbocycles. The first-order valence-electron chi connectivity index (χ1n) is 7.17. The van der Waals surface area contributed by atoms with Crippen LogP contribution in [0.2, 0.25) is 0 Å². The van der Waals surface area contributed by atoms with E-state index in [0.717, 1.165) is 12.0 Å². The second-order valence-corrected chi connectivity index (χ2v) is 6.47. The van der Waals surface area contributed by atoms with Gasteiger partial charge in [0, 0.05) is 0 Å². The maximum atomic E-state index is 12.9. The molecule has 1 saturated heterocycles. The zero-order valence-electron chi connectivity index (χ0n) is 11.7. The van der Waals surface area contributed by atoms with Gasteiger partial charge in [0.1, 0.15) is 0 Å². The number of aryl methyl sites for hydroxylation is 1. The Labute approximate surface area is 118 Å². The third-order valence-electron chi connectivity index (χ3n) is 5.40. The first-order valence-corrected chi connectivity index (χ1v) is 7.17. The fourth-order valence-corrected chi connectivity index (χ4v) is 4.24. The number of imide groups is 1. The van der Waals surface area contributed by atoms with Gasteiger partial charge in [0.15, 0.2) is 0 Å². The quantitative estimate of drug-likeness (QED) is 0.579. The van der Waals surface area contributed by atoms with Crippen LogP contribution in [0.4, 0.5) is 5.69 Å². The van der Waals surface area contributed by atoms with Gasteiger partial charge < -0.3 is 0 Å². The molecule has 1 aliphatic heterocycles. The van der Waals surface area contributed by atoms with Gasteiger partial charge in [-0.15, -0.1) is 0 Å². The Morgan fingerprint density at radius 1 is 1.15 bits per heavy atom. The van der Waals surface area contributed by atoms with Crippen molar-refractivity contribution in [3.63, 3.8) is 0 Å². The number of carbonyl (C=O) groups is 2. The normalized spacial score (nSPS) is 37.9. The van der Waals surface area contributed by atoms with Crippen LogP contribution < -0.4 is 4.90 Å². The summed E-state index contributed by atoms with van der Waals surface area (Å²) in [6.07, 6.45) is 5.21. The lowest BCUT2D eigenvalue weighted by molar-refractivity contribution is -0.127. The van der Waals surface area contributed by atoms with Crippen LogP contribution in [0.25, 0.3) is 0 Å². The summed E-state index contributed by atoms with van der Waals surface area (Å²) in [6.45, 7) is 3.97. The summed E-state index contributed by atoms with van der Waals surface area (Å²) in [6, 6.07) is 7.62. The maximum absolute atomic E-state index is 12.9. The molecular weight excluding hydrogens is 250 g/mol. The molecular formula is C17H17NO2. The number of carbonyl (C=O) groups excluding carboxylic acids is 2. The molecule has 0 aromatic heterocycles. The van der Waals surface area contributed by atoms with Crippen molar-refractivity contribution < 1.29 is 9.59 Å². The molecule has 102 valence electrons. The van der Waals surface area contributed by atoms with Gasteiger partial charge in [-0.25, -0.2) is 4.90 Å². The van der Waals surface area contributed by atoms with Crippen LogP contribution >= 0.6 is 0 Å². The Morgan fingerprint density at radius 2 is 1.85 bits per heavy atom. The molecule has 1 aromatic carbocycles. The van der Waals surface area contributed by atoms with E-state index in [-0.39, 0.29) is 29.6 Å². The molecule has 3 nitrogen and oxygen atoms in total. The molecule has 0 radical (unpaired) electrons. The average Bonchev–Trinajstić information content (AvgIpc) is 3.05. The lowest BCUT2D eigenvalue weighted by Crippen LogP contribution is -2.37. The van der Waals surface area contributed by atoms with Crippen molar-refractivity contribution in [2.45, 2.75) is 20.3 Å². The molecule has 0 N–H and O–H groups in total. The third-order valence-corrected chi connectivity index (χ3v) is 5.40. The first kappa shape index (κ1) is 11.9. The van der Waals surface area contributed by atoms with Crippen LogP contribution in [0.3, 0.4) is 0 Å². The summed E-state index contributed by atoms with van der Waals surface area (Å²) in [7, 11) is 0. The van der Waals surface area contributed by atoms with Crippen molar-refractivity contribution in [3.05, 3.63) is 42.0 Å². The smallest absolute Gasteiger partial charge is 0.241 e. The molecule has 2 amide bonds. The Bertz CT molecular complexity index is 645. The number of amides is 2. The highest BCUT2D eigenvalue weighted by Gasteiger charge is 2.67. The Morgan fingerprint density at radius 3 is 2.50 bits per heavy atom. The van der Waals surface area contributed by atoms with Gasteiger partial charge in [-0.1, -0.05) is 29.8 Å². The van der Waals surface area contributed by atoms with E-state index in [1.54, 1.807) is 0 Å². The van der Waals surface area contributed by atoms with Crippen LogP contribution in [0.5, 0.6) is 0 Å². The van der Waals surface area contributed by atoms with E-state index in [1.807, 2.05) is 38.1 Å². The third kappa shape index (κ3) is 1.21. The van der Waals surface area contributed by atoms with E-state index in [1.165, 1.54) is 4.90 Å². The molecule has 3 aliphatic rings. The highest BCUT2D eigenvalue weighted by Crippen LogP contribution is 2.60. The number of nitrogens with zero attached hydrogens (tertiary/aromatic N) is 1. The van der Waals surface area contributed by atoms with Crippen molar-refractivity contribution >= 4 is 17.5 Å². The average molecular weight is 267 g/mol. The second-order valence-electron chi connectivity index (χ2n) is 6.47. The standard InChI is InChI=1S/C17H17NO2/c1-10-3-7-13(8-4-10)18-15(19)14-11-5-6-12(9-11)17(14,2)16(18)20/h3-8,11-12,14H,9H2,1-2H3/t11-,12-,14+,17+/m0/s1. The zero-order valence-corrected chi connectivity index (χ0v) is 11.7. The van der Waals surface area contributed by atoms with Crippen LogP contribution in [0, 0.1) is 30.1 Å². The Hall–Kier alpha value is -1.90. The van der Waals surface area contributed by atoms with Crippen molar-refractivity contribution in [3.8, 4) is 0 Å². The molecule has 1 heterocycles. The predicted octanol–water partition coefficient (Wildman–Crippen LogP) is 2.70. The molecule has 0 unspecified atom stereocenters. The summed E-state index contributed by atoms with van der Waals surface area (Å²) in [4.78, 5) is 27.0. The van der Waals surface area contributed by atoms with Gasteiger partial charge in [-0.05, 0) is 44.2 Å². The van der Waals surface area contributed by atoms with Gasteiger partial charge in [-0.3, -0.25) is 9.59 Å². The van der Waals surface area contributed by atoms with E-state index in [9.17, 15) is 9.59 Å². The fraction of sp³-hybridized carbons (Fsp3) is 0.412. The minimum atomic E-state index is -0.526. The molecule has 2 bridgehead atoms. The number of rotatable bonds is 1. The monoisotopic (exact) mass is 267 g/mol. The van der Waals surface area contributed by atoms with Crippen LogP contribution in [0.1, 0.15) is 18.9 Å². The number of hydrogen-bond donors (Lipinski definition) is 0. The summed E-state index contributed by atoms with van der Waals surface area (Å²) in [5.74, 6) is 0.277. The summed E-state index contributed by atoms with van der Waals surface area (Å²) >= 11 is 0. The highest BCUT2D eigenvalue weighted by atomic mass is 16.2. The van der Waals surface area contributed by atoms with E-state index in [4.69, 9.17) is 0 Å². The highest BCUT2D eigenvalue weighted by molar-refractivity contribution is 6.24. The summed E-state index contributed by atoms with van der Waals surface area (Å²) < 4.78 is 0. The van der Waals surface area contributed by atoms with Crippen molar-refractivity contribution in [2.75, 3.05) is 4.90 Å². The Balaban J connectivity index is 1.80. The molecule has 1 aromatic rings. The topological polar surface area (TPSA) is 37.4 Å². The predicted molar refractivity (Wildman–Crippen MR) is 76.0 cm³/mol. The fourth-order valence-electron chi connectivity index (χ4n) is 4.24. The zero-order chi connectivity index (χ0) is 14.1. The molecule has 4 atom stereocenters. The number of fused-ring (bicyclic) bond motifs is 5. The number of allylic oxidation sites excluding steroid dienone is 2. The molecule has 20 heavy (non-hydrogen) atoms. The van der Waals surface area contributed by atoms with Gasteiger partial charge in [0.2, 0.25) is 11.8 Å². The van der Waals surface area contributed by atoms with Crippen molar-refractivity contribution in [1.29, 1.82) is 0 Å².